The minimum absolute atomic E-state index is 0.0151. The molecule has 0 saturated heterocycles. The minimum atomic E-state index is -0.788. The molecule has 2 atom stereocenters. The highest BCUT2D eigenvalue weighted by molar-refractivity contribution is 5.70. The predicted octanol–water partition coefficient (Wildman–Crippen LogP) is 0.901. The Kier molecular flexibility index (Phi) is 9.16. The van der Waals surface area contributed by atoms with Gasteiger partial charge >= 0.3 is 11.9 Å². The van der Waals surface area contributed by atoms with Crippen molar-refractivity contribution in [3.8, 4) is 0 Å². The number of hydrogen-bond acceptors (Lipinski definition) is 5. The highest BCUT2D eigenvalue weighted by atomic mass is 16.6. The Labute approximate surface area is 114 Å². The standard InChI is InChI=1S/C13H25NO5/c1-9(2)5-11(13(16)17)6-14-10(3)7-19-8-12(15)18-4/h9-11,14H,5-8H2,1-4H3,(H,16,17). The van der Waals surface area contributed by atoms with Crippen LogP contribution in [0.25, 0.3) is 0 Å². The van der Waals surface area contributed by atoms with Gasteiger partial charge in [0.25, 0.3) is 0 Å². The molecule has 0 aliphatic heterocycles. The van der Waals surface area contributed by atoms with Crippen molar-refractivity contribution >= 4 is 11.9 Å². The average molecular weight is 275 g/mol. The van der Waals surface area contributed by atoms with Crippen molar-refractivity contribution in [2.45, 2.75) is 33.2 Å². The molecule has 0 aromatic heterocycles. The van der Waals surface area contributed by atoms with Crippen LogP contribution in [-0.2, 0) is 19.1 Å². The molecule has 0 aromatic rings. The third kappa shape index (κ3) is 9.44. The number of carboxylic acids is 1. The largest absolute Gasteiger partial charge is 0.481 e. The summed E-state index contributed by atoms with van der Waals surface area (Å²) in [6, 6.07) is -0.0151. The van der Waals surface area contributed by atoms with Crippen molar-refractivity contribution in [2.24, 2.45) is 11.8 Å². The van der Waals surface area contributed by atoms with Gasteiger partial charge in [0, 0.05) is 12.6 Å². The van der Waals surface area contributed by atoms with Gasteiger partial charge in [0.15, 0.2) is 0 Å². The molecule has 0 heterocycles. The van der Waals surface area contributed by atoms with Crippen molar-refractivity contribution in [3.05, 3.63) is 0 Å². The van der Waals surface area contributed by atoms with E-state index in [4.69, 9.17) is 9.84 Å². The van der Waals surface area contributed by atoms with Crippen LogP contribution in [-0.4, -0.2) is 50.0 Å². The van der Waals surface area contributed by atoms with Crippen LogP contribution in [0, 0.1) is 11.8 Å². The van der Waals surface area contributed by atoms with Gasteiger partial charge < -0.3 is 19.9 Å². The highest BCUT2D eigenvalue weighted by Crippen LogP contribution is 2.11. The van der Waals surface area contributed by atoms with E-state index >= 15 is 0 Å². The molecule has 0 fully saturated rings. The fourth-order valence-corrected chi connectivity index (χ4v) is 1.62. The molecule has 0 aliphatic carbocycles. The quantitative estimate of drug-likeness (QED) is 0.576. The summed E-state index contributed by atoms with van der Waals surface area (Å²) in [6.07, 6.45) is 0.637. The number of esters is 1. The van der Waals surface area contributed by atoms with Crippen LogP contribution in [0.1, 0.15) is 27.2 Å². The number of carbonyl (C=O) groups is 2. The molecule has 19 heavy (non-hydrogen) atoms. The van der Waals surface area contributed by atoms with Gasteiger partial charge in [0.2, 0.25) is 0 Å². The van der Waals surface area contributed by atoms with E-state index in [-0.39, 0.29) is 12.6 Å². The molecule has 0 radical (unpaired) electrons. The van der Waals surface area contributed by atoms with E-state index in [1.165, 1.54) is 7.11 Å². The maximum Gasteiger partial charge on any atom is 0.331 e. The van der Waals surface area contributed by atoms with Crippen LogP contribution in [0.5, 0.6) is 0 Å². The number of carbonyl (C=O) groups excluding carboxylic acids is 1. The Hall–Kier alpha value is -1.14. The van der Waals surface area contributed by atoms with Gasteiger partial charge in [-0.2, -0.15) is 0 Å². The van der Waals surface area contributed by atoms with Crippen LogP contribution < -0.4 is 5.32 Å². The number of ether oxygens (including phenoxy) is 2. The molecule has 0 aromatic carbocycles. The molecule has 112 valence electrons. The normalized spacial score (nSPS) is 14.2. The van der Waals surface area contributed by atoms with E-state index in [1.807, 2.05) is 20.8 Å². The maximum atomic E-state index is 11.1. The van der Waals surface area contributed by atoms with E-state index in [0.29, 0.717) is 25.5 Å². The van der Waals surface area contributed by atoms with Crippen LogP contribution in [0.3, 0.4) is 0 Å². The average Bonchev–Trinajstić information content (AvgIpc) is 2.33. The number of rotatable bonds is 10. The summed E-state index contributed by atoms with van der Waals surface area (Å²) < 4.78 is 9.58. The fourth-order valence-electron chi connectivity index (χ4n) is 1.62. The molecule has 0 rings (SSSR count). The van der Waals surface area contributed by atoms with Gasteiger partial charge in [-0.25, -0.2) is 4.79 Å². The summed E-state index contributed by atoms with van der Waals surface area (Å²) in [5, 5.41) is 12.2. The van der Waals surface area contributed by atoms with E-state index in [2.05, 4.69) is 10.1 Å². The van der Waals surface area contributed by atoms with Gasteiger partial charge in [-0.15, -0.1) is 0 Å². The topological polar surface area (TPSA) is 84.9 Å². The summed E-state index contributed by atoms with van der Waals surface area (Å²) in [6.45, 7) is 6.53. The molecule has 0 saturated carbocycles. The van der Waals surface area contributed by atoms with E-state index in [1.54, 1.807) is 0 Å². The maximum absolute atomic E-state index is 11.1. The van der Waals surface area contributed by atoms with Crippen molar-refractivity contribution in [3.63, 3.8) is 0 Å². The van der Waals surface area contributed by atoms with Crippen LogP contribution in [0.2, 0.25) is 0 Å². The zero-order valence-electron chi connectivity index (χ0n) is 12.1. The Bertz CT molecular complexity index is 280. The Morgan fingerprint density at radius 3 is 2.37 bits per heavy atom. The molecule has 0 aliphatic rings. The second kappa shape index (κ2) is 9.75. The number of methoxy groups -OCH3 is 1. The molecule has 6 nitrogen and oxygen atoms in total. The summed E-state index contributed by atoms with van der Waals surface area (Å²) >= 11 is 0. The molecule has 6 heteroatoms. The zero-order chi connectivity index (χ0) is 14.8. The van der Waals surface area contributed by atoms with Crippen molar-refractivity contribution in [1.29, 1.82) is 0 Å². The van der Waals surface area contributed by atoms with Crippen LogP contribution in [0.4, 0.5) is 0 Å². The second-order valence-electron chi connectivity index (χ2n) is 5.07. The number of nitrogens with one attached hydrogen (secondary N) is 1. The van der Waals surface area contributed by atoms with Crippen molar-refractivity contribution in [2.75, 3.05) is 26.9 Å². The Balaban J connectivity index is 3.88. The zero-order valence-corrected chi connectivity index (χ0v) is 12.1. The molecule has 0 bridgehead atoms. The molecular weight excluding hydrogens is 250 g/mol. The van der Waals surface area contributed by atoms with Gasteiger partial charge in [-0.05, 0) is 19.3 Å². The van der Waals surface area contributed by atoms with Crippen LogP contribution >= 0.6 is 0 Å². The molecule has 0 amide bonds. The SMILES string of the molecule is COC(=O)COCC(C)NCC(CC(C)C)C(=O)O. The molecule has 2 N–H and O–H groups in total. The number of aliphatic carboxylic acids is 1. The predicted molar refractivity (Wildman–Crippen MR) is 70.9 cm³/mol. The van der Waals surface area contributed by atoms with Crippen molar-refractivity contribution < 1.29 is 24.2 Å². The van der Waals surface area contributed by atoms with E-state index < -0.39 is 17.9 Å². The van der Waals surface area contributed by atoms with E-state index in [0.717, 1.165) is 0 Å². The Morgan fingerprint density at radius 2 is 1.89 bits per heavy atom. The van der Waals surface area contributed by atoms with Gasteiger partial charge in [-0.3, -0.25) is 4.79 Å². The van der Waals surface area contributed by atoms with E-state index in [9.17, 15) is 9.59 Å². The Morgan fingerprint density at radius 1 is 1.26 bits per heavy atom. The summed E-state index contributed by atoms with van der Waals surface area (Å²) in [7, 11) is 1.30. The lowest BCUT2D eigenvalue weighted by atomic mass is 9.97. The molecule has 2 unspecified atom stereocenters. The van der Waals surface area contributed by atoms with Crippen molar-refractivity contribution in [1.82, 2.24) is 5.32 Å². The first kappa shape index (κ1) is 17.9. The lowest BCUT2D eigenvalue weighted by Crippen LogP contribution is -2.37. The smallest absolute Gasteiger partial charge is 0.331 e. The summed E-state index contributed by atoms with van der Waals surface area (Å²) in [5.74, 6) is -1.27. The second-order valence-corrected chi connectivity index (χ2v) is 5.07. The lowest BCUT2D eigenvalue weighted by molar-refractivity contribution is -0.146. The third-order valence-corrected chi connectivity index (χ3v) is 2.63. The number of hydrogen-bond donors (Lipinski definition) is 2. The third-order valence-electron chi connectivity index (χ3n) is 2.63. The van der Waals surface area contributed by atoms with Gasteiger partial charge in [-0.1, -0.05) is 13.8 Å². The fraction of sp³-hybridized carbons (Fsp3) is 0.846. The first-order valence-electron chi connectivity index (χ1n) is 6.47. The van der Waals surface area contributed by atoms with Gasteiger partial charge in [0.05, 0.1) is 19.6 Å². The monoisotopic (exact) mass is 275 g/mol. The molecule has 0 spiro atoms. The molecular formula is C13H25NO5. The van der Waals surface area contributed by atoms with Crippen LogP contribution in [0.15, 0.2) is 0 Å². The first-order valence-corrected chi connectivity index (χ1v) is 6.47. The number of carboxylic acid groups (broad SMARTS) is 1. The summed E-state index contributed by atoms with van der Waals surface area (Å²) in [5.41, 5.74) is 0. The summed E-state index contributed by atoms with van der Waals surface area (Å²) in [4.78, 5) is 21.9. The minimum Gasteiger partial charge on any atom is -0.481 e. The highest BCUT2D eigenvalue weighted by Gasteiger charge is 2.19. The van der Waals surface area contributed by atoms with Gasteiger partial charge in [0.1, 0.15) is 6.61 Å². The lowest BCUT2D eigenvalue weighted by Gasteiger charge is -2.19. The first-order chi connectivity index (χ1) is 8.86.